The number of benzene rings is 1. The minimum Gasteiger partial charge on any atom is -0.492 e. The van der Waals surface area contributed by atoms with Gasteiger partial charge in [0.05, 0.1) is 5.69 Å². The summed E-state index contributed by atoms with van der Waals surface area (Å²) >= 11 is 0. The maximum absolute atomic E-state index is 9.72. The first-order valence-electron chi connectivity index (χ1n) is 6.28. The summed E-state index contributed by atoms with van der Waals surface area (Å²) in [5.41, 5.74) is 2.71. The van der Waals surface area contributed by atoms with Crippen molar-refractivity contribution in [2.75, 3.05) is 0 Å². The molecule has 94 valence electrons. The van der Waals surface area contributed by atoms with Crippen molar-refractivity contribution in [3.8, 4) is 17.1 Å². The van der Waals surface area contributed by atoms with Crippen molar-refractivity contribution < 1.29 is 5.11 Å². The number of hydrogen-bond acceptors (Lipinski definition) is 3. The fraction of sp³-hybridized carbons (Fsp3) is 0.333. The number of nitrogens with zero attached hydrogens (tertiary/aromatic N) is 2. The lowest BCUT2D eigenvalue weighted by molar-refractivity contribution is 0.434. The summed E-state index contributed by atoms with van der Waals surface area (Å²) in [6, 6.07) is 11.8. The first-order chi connectivity index (χ1) is 8.66. The van der Waals surface area contributed by atoms with E-state index in [4.69, 9.17) is 0 Å². The molecule has 0 radical (unpaired) electrons. The van der Waals surface area contributed by atoms with E-state index in [1.807, 2.05) is 36.4 Å². The number of aromatic nitrogens is 2. The summed E-state index contributed by atoms with van der Waals surface area (Å²) in [6.45, 7) is 4.34. The van der Waals surface area contributed by atoms with Gasteiger partial charge < -0.3 is 5.11 Å². The number of hydrogen-bond donors (Lipinski definition) is 1. The SMILES string of the molecule is CC(C)CCc1cc(-c2ccccc2)nnc1O. The van der Waals surface area contributed by atoms with E-state index in [1.165, 1.54) is 0 Å². The van der Waals surface area contributed by atoms with E-state index in [1.54, 1.807) is 0 Å². The van der Waals surface area contributed by atoms with Crippen LogP contribution >= 0.6 is 0 Å². The highest BCUT2D eigenvalue weighted by Gasteiger charge is 2.08. The second kappa shape index (κ2) is 5.63. The highest BCUT2D eigenvalue weighted by Crippen LogP contribution is 2.23. The van der Waals surface area contributed by atoms with Gasteiger partial charge in [-0.05, 0) is 24.8 Å². The second-order valence-corrected chi connectivity index (χ2v) is 4.88. The van der Waals surface area contributed by atoms with Crippen LogP contribution in [0.5, 0.6) is 5.88 Å². The second-order valence-electron chi connectivity index (χ2n) is 4.88. The van der Waals surface area contributed by atoms with E-state index in [0.29, 0.717) is 5.92 Å². The Morgan fingerprint density at radius 2 is 1.83 bits per heavy atom. The fourth-order valence-electron chi connectivity index (χ4n) is 1.80. The molecule has 1 aromatic heterocycles. The van der Waals surface area contributed by atoms with Crippen LogP contribution in [-0.2, 0) is 6.42 Å². The molecular weight excluding hydrogens is 224 g/mol. The van der Waals surface area contributed by atoms with Crippen LogP contribution in [0, 0.1) is 5.92 Å². The zero-order valence-corrected chi connectivity index (χ0v) is 10.8. The normalized spacial score (nSPS) is 10.8. The van der Waals surface area contributed by atoms with Crippen LogP contribution in [0.1, 0.15) is 25.8 Å². The molecule has 0 spiro atoms. The van der Waals surface area contributed by atoms with E-state index in [2.05, 4.69) is 24.0 Å². The van der Waals surface area contributed by atoms with Gasteiger partial charge in [0.25, 0.3) is 0 Å². The average molecular weight is 242 g/mol. The smallest absolute Gasteiger partial charge is 0.234 e. The van der Waals surface area contributed by atoms with Crippen LogP contribution in [0.15, 0.2) is 36.4 Å². The molecule has 0 aliphatic heterocycles. The molecular formula is C15H18N2O. The van der Waals surface area contributed by atoms with Crippen LogP contribution in [0.25, 0.3) is 11.3 Å². The van der Waals surface area contributed by atoms with Gasteiger partial charge >= 0.3 is 0 Å². The minimum absolute atomic E-state index is 0.0512. The Labute approximate surface area is 108 Å². The molecule has 1 N–H and O–H groups in total. The Bertz CT molecular complexity index is 509. The van der Waals surface area contributed by atoms with Crippen LogP contribution < -0.4 is 0 Å². The van der Waals surface area contributed by atoms with Gasteiger partial charge in [-0.3, -0.25) is 0 Å². The predicted octanol–water partition coefficient (Wildman–Crippen LogP) is 3.44. The Morgan fingerprint density at radius 3 is 2.50 bits per heavy atom. The summed E-state index contributed by atoms with van der Waals surface area (Å²) in [5, 5.41) is 17.6. The van der Waals surface area contributed by atoms with E-state index in [9.17, 15) is 5.11 Å². The van der Waals surface area contributed by atoms with Crippen molar-refractivity contribution in [3.05, 3.63) is 42.0 Å². The Balaban J connectivity index is 2.26. The molecule has 0 amide bonds. The first kappa shape index (κ1) is 12.6. The van der Waals surface area contributed by atoms with Crippen molar-refractivity contribution in [1.29, 1.82) is 0 Å². The third kappa shape index (κ3) is 3.06. The monoisotopic (exact) mass is 242 g/mol. The maximum Gasteiger partial charge on any atom is 0.234 e. The number of rotatable bonds is 4. The quantitative estimate of drug-likeness (QED) is 0.893. The fourth-order valence-corrected chi connectivity index (χ4v) is 1.80. The van der Waals surface area contributed by atoms with Gasteiger partial charge in [-0.1, -0.05) is 44.2 Å². The predicted molar refractivity (Wildman–Crippen MR) is 72.3 cm³/mol. The van der Waals surface area contributed by atoms with Gasteiger partial charge in [0.1, 0.15) is 0 Å². The van der Waals surface area contributed by atoms with Crippen molar-refractivity contribution in [1.82, 2.24) is 10.2 Å². The summed E-state index contributed by atoms with van der Waals surface area (Å²) < 4.78 is 0. The van der Waals surface area contributed by atoms with Crippen molar-refractivity contribution >= 4 is 0 Å². The van der Waals surface area contributed by atoms with Crippen molar-refractivity contribution in [2.24, 2.45) is 5.92 Å². The van der Waals surface area contributed by atoms with E-state index in [-0.39, 0.29) is 5.88 Å². The zero-order chi connectivity index (χ0) is 13.0. The Morgan fingerprint density at radius 1 is 1.11 bits per heavy atom. The molecule has 2 rings (SSSR count). The number of aryl methyl sites for hydroxylation is 1. The van der Waals surface area contributed by atoms with E-state index < -0.39 is 0 Å². The van der Waals surface area contributed by atoms with Crippen molar-refractivity contribution in [2.45, 2.75) is 26.7 Å². The maximum atomic E-state index is 9.72. The van der Waals surface area contributed by atoms with Crippen LogP contribution in [0.3, 0.4) is 0 Å². The van der Waals surface area contributed by atoms with Gasteiger partial charge in [-0.15, -0.1) is 10.2 Å². The largest absolute Gasteiger partial charge is 0.492 e. The summed E-state index contributed by atoms with van der Waals surface area (Å²) in [6.07, 6.45) is 1.87. The molecule has 0 fully saturated rings. The standard InChI is InChI=1S/C15H18N2O/c1-11(2)8-9-13-10-14(16-17-15(13)18)12-6-4-3-5-7-12/h3-7,10-11H,8-9H2,1-2H3,(H,17,18). The highest BCUT2D eigenvalue weighted by molar-refractivity contribution is 5.59. The zero-order valence-electron chi connectivity index (χ0n) is 10.8. The lowest BCUT2D eigenvalue weighted by Gasteiger charge is -2.07. The van der Waals surface area contributed by atoms with Gasteiger partial charge in [-0.2, -0.15) is 0 Å². The molecule has 3 nitrogen and oxygen atoms in total. The van der Waals surface area contributed by atoms with E-state index >= 15 is 0 Å². The lowest BCUT2D eigenvalue weighted by Crippen LogP contribution is -1.97. The molecule has 2 aromatic rings. The Kier molecular flexibility index (Phi) is 3.92. The molecule has 18 heavy (non-hydrogen) atoms. The average Bonchev–Trinajstić information content (AvgIpc) is 2.38. The molecule has 0 atom stereocenters. The molecule has 0 aliphatic carbocycles. The topological polar surface area (TPSA) is 46.0 Å². The van der Waals surface area contributed by atoms with Gasteiger partial charge in [0, 0.05) is 11.1 Å². The molecule has 0 unspecified atom stereocenters. The van der Waals surface area contributed by atoms with Crippen LogP contribution in [0.2, 0.25) is 0 Å². The van der Waals surface area contributed by atoms with Gasteiger partial charge in [0.2, 0.25) is 5.88 Å². The first-order valence-corrected chi connectivity index (χ1v) is 6.28. The molecule has 1 aromatic carbocycles. The molecule has 3 heteroatoms. The third-order valence-corrected chi connectivity index (χ3v) is 2.91. The summed E-state index contributed by atoms with van der Waals surface area (Å²) in [4.78, 5) is 0. The highest BCUT2D eigenvalue weighted by atomic mass is 16.3. The molecule has 1 heterocycles. The van der Waals surface area contributed by atoms with E-state index in [0.717, 1.165) is 29.7 Å². The van der Waals surface area contributed by atoms with Crippen molar-refractivity contribution in [3.63, 3.8) is 0 Å². The van der Waals surface area contributed by atoms with Gasteiger partial charge in [-0.25, -0.2) is 0 Å². The van der Waals surface area contributed by atoms with Crippen LogP contribution in [0.4, 0.5) is 0 Å². The van der Waals surface area contributed by atoms with Crippen LogP contribution in [-0.4, -0.2) is 15.3 Å². The number of aromatic hydroxyl groups is 1. The molecule has 0 aliphatic rings. The summed E-state index contributed by atoms with van der Waals surface area (Å²) in [7, 11) is 0. The lowest BCUT2D eigenvalue weighted by atomic mass is 10.0. The molecule has 0 saturated heterocycles. The Hall–Kier alpha value is -1.90. The molecule has 0 bridgehead atoms. The van der Waals surface area contributed by atoms with Gasteiger partial charge in [0.15, 0.2) is 0 Å². The molecule has 0 saturated carbocycles. The summed E-state index contributed by atoms with van der Waals surface area (Å²) in [5.74, 6) is 0.660. The minimum atomic E-state index is 0.0512. The third-order valence-electron chi connectivity index (χ3n) is 2.91.